The van der Waals surface area contributed by atoms with Crippen molar-refractivity contribution in [3.05, 3.63) is 121 Å². The molecular formula is C27H19. The van der Waals surface area contributed by atoms with Crippen LogP contribution in [0.25, 0.3) is 39.5 Å². The van der Waals surface area contributed by atoms with E-state index in [1.165, 1.54) is 44.5 Å². The van der Waals surface area contributed by atoms with Crippen molar-refractivity contribution in [3.8, 4) is 33.4 Å². The number of fused-ring (bicyclic) bond motifs is 1. The molecule has 0 saturated carbocycles. The Morgan fingerprint density at radius 1 is 0.444 bits per heavy atom. The number of benzene rings is 4. The molecule has 4 aromatic rings. The molecule has 0 unspecified atom stereocenters. The third kappa shape index (κ3) is 3.00. The van der Waals surface area contributed by atoms with Gasteiger partial charge in [0, 0.05) is 6.42 Å². The highest BCUT2D eigenvalue weighted by atomic mass is 14.2. The standard InChI is InChI=1S/C27H19/c1-3-9-20(10-4-1)23-17-24(21-11-5-2-6-12-21)19-25(18-23)27-16-8-14-22-13-7-15-26(22)27/h1-19H. The summed E-state index contributed by atoms with van der Waals surface area (Å²) in [5.74, 6) is 0. The average Bonchev–Trinajstić information content (AvgIpc) is 3.24. The lowest BCUT2D eigenvalue weighted by molar-refractivity contribution is 1.51. The zero-order valence-corrected chi connectivity index (χ0v) is 15.0. The predicted octanol–water partition coefficient (Wildman–Crippen LogP) is 7.27. The Hall–Kier alpha value is -3.38. The van der Waals surface area contributed by atoms with Crippen LogP contribution in [0.2, 0.25) is 0 Å². The molecule has 0 saturated heterocycles. The maximum atomic E-state index is 2.31. The van der Waals surface area contributed by atoms with Gasteiger partial charge in [-0.3, -0.25) is 0 Å². The fourth-order valence-electron chi connectivity index (χ4n) is 3.79. The van der Waals surface area contributed by atoms with E-state index in [1.807, 2.05) is 0 Å². The van der Waals surface area contributed by atoms with Gasteiger partial charge in [-0.25, -0.2) is 0 Å². The van der Waals surface area contributed by atoms with Crippen molar-refractivity contribution in [1.29, 1.82) is 0 Å². The zero-order chi connectivity index (χ0) is 18.1. The van der Waals surface area contributed by atoms with Gasteiger partial charge in [-0.1, -0.05) is 91.0 Å². The SMILES string of the molecule is [CH]1C=Cc2c1cccc2-c1cc(-c2ccccc2)cc(-c2ccccc2)c1. The van der Waals surface area contributed by atoms with Gasteiger partial charge in [0.05, 0.1) is 0 Å². The summed E-state index contributed by atoms with van der Waals surface area (Å²) in [6, 6.07) is 34.7. The zero-order valence-electron chi connectivity index (χ0n) is 15.0. The third-order valence-corrected chi connectivity index (χ3v) is 5.14. The van der Waals surface area contributed by atoms with Crippen LogP contribution in [-0.2, 0) is 0 Å². The molecule has 0 heterocycles. The Bertz CT molecular complexity index is 1060. The Labute approximate surface area is 160 Å². The van der Waals surface area contributed by atoms with Crippen molar-refractivity contribution < 1.29 is 0 Å². The summed E-state index contributed by atoms with van der Waals surface area (Å²) in [6.07, 6.45) is 6.52. The van der Waals surface area contributed by atoms with Crippen molar-refractivity contribution in [2.45, 2.75) is 0 Å². The Balaban J connectivity index is 1.74. The predicted molar refractivity (Wildman–Crippen MR) is 115 cm³/mol. The highest BCUT2D eigenvalue weighted by Crippen LogP contribution is 2.37. The van der Waals surface area contributed by atoms with Gasteiger partial charge in [0.15, 0.2) is 0 Å². The normalized spacial score (nSPS) is 12.1. The molecular weight excluding hydrogens is 324 g/mol. The molecule has 0 aliphatic heterocycles. The maximum absolute atomic E-state index is 2.31. The van der Waals surface area contributed by atoms with Crippen LogP contribution >= 0.6 is 0 Å². The van der Waals surface area contributed by atoms with Gasteiger partial charge in [0.1, 0.15) is 0 Å². The van der Waals surface area contributed by atoms with E-state index < -0.39 is 0 Å². The Morgan fingerprint density at radius 3 is 1.67 bits per heavy atom. The van der Waals surface area contributed by atoms with Gasteiger partial charge in [-0.05, 0) is 62.7 Å². The monoisotopic (exact) mass is 343 g/mol. The molecule has 127 valence electrons. The summed E-state index contributed by atoms with van der Waals surface area (Å²) in [4.78, 5) is 0. The molecule has 0 heteroatoms. The van der Waals surface area contributed by atoms with Gasteiger partial charge in [-0.2, -0.15) is 0 Å². The summed E-state index contributed by atoms with van der Waals surface area (Å²) in [7, 11) is 0. The average molecular weight is 343 g/mol. The molecule has 0 bridgehead atoms. The van der Waals surface area contributed by atoms with Crippen LogP contribution in [0, 0.1) is 6.42 Å². The molecule has 0 spiro atoms. The quantitative estimate of drug-likeness (QED) is 0.367. The minimum atomic E-state index is 1.24. The van der Waals surface area contributed by atoms with E-state index in [4.69, 9.17) is 0 Å². The molecule has 0 aromatic heterocycles. The first-order valence-electron chi connectivity index (χ1n) is 9.29. The van der Waals surface area contributed by atoms with Gasteiger partial charge >= 0.3 is 0 Å². The number of hydrogen-bond donors (Lipinski definition) is 0. The molecule has 0 amide bonds. The number of allylic oxidation sites excluding steroid dienone is 1. The maximum Gasteiger partial charge on any atom is 0.0131 e. The third-order valence-electron chi connectivity index (χ3n) is 5.14. The van der Waals surface area contributed by atoms with Crippen molar-refractivity contribution in [2.24, 2.45) is 0 Å². The lowest BCUT2D eigenvalue weighted by Gasteiger charge is -2.13. The fourth-order valence-corrected chi connectivity index (χ4v) is 3.79. The van der Waals surface area contributed by atoms with E-state index in [2.05, 4.69) is 116 Å². The lowest BCUT2D eigenvalue weighted by Crippen LogP contribution is -1.89. The molecule has 4 aromatic carbocycles. The molecule has 5 rings (SSSR count). The highest BCUT2D eigenvalue weighted by molar-refractivity contribution is 5.86. The van der Waals surface area contributed by atoms with Gasteiger partial charge in [0.25, 0.3) is 0 Å². The second kappa shape index (κ2) is 6.74. The van der Waals surface area contributed by atoms with Gasteiger partial charge in [-0.15, -0.1) is 0 Å². The summed E-state index contributed by atoms with van der Waals surface area (Å²) in [5.41, 5.74) is 10.1. The second-order valence-corrected chi connectivity index (χ2v) is 6.87. The van der Waals surface area contributed by atoms with E-state index in [1.54, 1.807) is 0 Å². The Kier molecular flexibility index (Phi) is 3.95. The van der Waals surface area contributed by atoms with Crippen molar-refractivity contribution >= 4 is 6.08 Å². The summed E-state index contributed by atoms with van der Waals surface area (Å²) < 4.78 is 0. The summed E-state index contributed by atoms with van der Waals surface area (Å²) in [6.45, 7) is 0. The lowest BCUT2D eigenvalue weighted by atomic mass is 9.91. The molecule has 1 aliphatic carbocycles. The molecule has 27 heavy (non-hydrogen) atoms. The van der Waals surface area contributed by atoms with Crippen molar-refractivity contribution in [2.75, 3.05) is 0 Å². The molecule has 1 aliphatic rings. The van der Waals surface area contributed by atoms with Crippen LogP contribution in [-0.4, -0.2) is 0 Å². The molecule has 0 fully saturated rings. The van der Waals surface area contributed by atoms with E-state index in [0.29, 0.717) is 0 Å². The topological polar surface area (TPSA) is 0 Å². The van der Waals surface area contributed by atoms with Crippen molar-refractivity contribution in [1.82, 2.24) is 0 Å². The van der Waals surface area contributed by atoms with Crippen LogP contribution in [0.4, 0.5) is 0 Å². The van der Waals surface area contributed by atoms with E-state index in [0.717, 1.165) is 0 Å². The summed E-state index contributed by atoms with van der Waals surface area (Å²) >= 11 is 0. The molecule has 0 atom stereocenters. The number of rotatable bonds is 3. The summed E-state index contributed by atoms with van der Waals surface area (Å²) in [5, 5.41) is 0. The van der Waals surface area contributed by atoms with Crippen molar-refractivity contribution in [3.63, 3.8) is 0 Å². The van der Waals surface area contributed by atoms with Gasteiger partial charge < -0.3 is 0 Å². The van der Waals surface area contributed by atoms with Crippen LogP contribution in [0.3, 0.4) is 0 Å². The van der Waals surface area contributed by atoms with Crippen LogP contribution in [0.15, 0.2) is 103 Å². The molecule has 1 radical (unpaired) electrons. The van der Waals surface area contributed by atoms with Gasteiger partial charge in [0.2, 0.25) is 0 Å². The van der Waals surface area contributed by atoms with Crippen LogP contribution < -0.4 is 0 Å². The number of hydrogen-bond acceptors (Lipinski definition) is 0. The smallest absolute Gasteiger partial charge is 0.0131 e. The fraction of sp³-hybridized carbons (Fsp3) is 0. The largest absolute Gasteiger partial charge is 0.0754 e. The van der Waals surface area contributed by atoms with E-state index in [-0.39, 0.29) is 0 Å². The molecule has 0 N–H and O–H groups in total. The minimum absolute atomic E-state index is 1.24. The second-order valence-electron chi connectivity index (χ2n) is 6.87. The first-order valence-corrected chi connectivity index (χ1v) is 9.29. The first-order chi connectivity index (χ1) is 13.4. The first kappa shape index (κ1) is 15.8. The molecule has 0 nitrogen and oxygen atoms in total. The van der Waals surface area contributed by atoms with Crippen LogP contribution in [0.1, 0.15) is 11.1 Å². The van der Waals surface area contributed by atoms with E-state index >= 15 is 0 Å². The van der Waals surface area contributed by atoms with Crippen LogP contribution in [0.5, 0.6) is 0 Å². The highest BCUT2D eigenvalue weighted by Gasteiger charge is 2.13. The minimum Gasteiger partial charge on any atom is -0.0754 e. The van der Waals surface area contributed by atoms with E-state index in [9.17, 15) is 0 Å². The Morgan fingerprint density at radius 2 is 1.04 bits per heavy atom.